The molecule has 16 heavy (non-hydrogen) atoms. The number of rotatable bonds is 3. The molecule has 3 nitrogen and oxygen atoms in total. The second kappa shape index (κ2) is 4.49. The second-order valence-electron chi connectivity index (χ2n) is 3.43. The van der Waals surface area contributed by atoms with Gasteiger partial charge in [-0.2, -0.15) is 0 Å². The summed E-state index contributed by atoms with van der Waals surface area (Å²) in [6.07, 6.45) is 1.83. The average Bonchev–Trinajstić information content (AvgIpc) is 2.63. The van der Waals surface area contributed by atoms with Crippen LogP contribution in [0.5, 0.6) is 0 Å². The number of thiazole rings is 1. The summed E-state index contributed by atoms with van der Waals surface area (Å²) in [7, 11) is 0. The lowest BCUT2D eigenvalue weighted by atomic mass is 10.2. The summed E-state index contributed by atoms with van der Waals surface area (Å²) in [5.74, 6) is -0.323. The molecule has 5 heteroatoms. The van der Waals surface area contributed by atoms with Crippen LogP contribution in [0.2, 0.25) is 0 Å². The van der Waals surface area contributed by atoms with E-state index in [1.165, 1.54) is 12.1 Å². The Kier molecular flexibility index (Phi) is 3.05. The van der Waals surface area contributed by atoms with Crippen molar-refractivity contribution in [3.63, 3.8) is 0 Å². The molecule has 1 heterocycles. The molecular weight excluding hydrogens is 225 g/mol. The molecule has 2 aromatic rings. The molecule has 2 rings (SSSR count). The van der Waals surface area contributed by atoms with Crippen LogP contribution >= 0.6 is 11.3 Å². The van der Waals surface area contributed by atoms with E-state index in [0.29, 0.717) is 12.2 Å². The zero-order valence-corrected chi connectivity index (χ0v) is 9.64. The summed E-state index contributed by atoms with van der Waals surface area (Å²) in [5.41, 5.74) is 6.84. The third kappa shape index (κ3) is 2.49. The number of nitrogens with two attached hydrogens (primary N) is 1. The average molecular weight is 237 g/mol. The van der Waals surface area contributed by atoms with Crippen molar-refractivity contribution in [2.45, 2.75) is 13.5 Å². The van der Waals surface area contributed by atoms with Crippen molar-refractivity contribution >= 4 is 22.7 Å². The fourth-order valence-electron chi connectivity index (χ4n) is 1.36. The van der Waals surface area contributed by atoms with Crippen LogP contribution in [-0.2, 0) is 6.54 Å². The largest absolute Gasteiger partial charge is 0.397 e. The van der Waals surface area contributed by atoms with Crippen molar-refractivity contribution in [3.05, 3.63) is 40.1 Å². The Morgan fingerprint density at radius 2 is 2.31 bits per heavy atom. The van der Waals surface area contributed by atoms with Crippen molar-refractivity contribution in [3.8, 4) is 0 Å². The summed E-state index contributed by atoms with van der Waals surface area (Å²) in [6.45, 7) is 2.61. The molecular formula is C11H12FN3S. The lowest BCUT2D eigenvalue weighted by molar-refractivity contribution is 0.628. The summed E-state index contributed by atoms with van der Waals surface area (Å²) in [4.78, 5) is 5.28. The molecule has 0 aliphatic heterocycles. The minimum atomic E-state index is -0.323. The molecule has 0 saturated heterocycles. The number of aromatic nitrogens is 1. The molecule has 1 aromatic heterocycles. The lowest BCUT2D eigenvalue weighted by Gasteiger charge is -2.07. The molecule has 0 unspecified atom stereocenters. The Labute approximate surface area is 97.1 Å². The van der Waals surface area contributed by atoms with Crippen LogP contribution in [0.25, 0.3) is 0 Å². The highest BCUT2D eigenvalue weighted by molar-refractivity contribution is 7.11. The van der Waals surface area contributed by atoms with Crippen LogP contribution in [-0.4, -0.2) is 4.98 Å². The first-order valence-electron chi connectivity index (χ1n) is 4.85. The normalized spacial score (nSPS) is 10.4. The summed E-state index contributed by atoms with van der Waals surface area (Å²) in [5, 5.41) is 4.18. The molecule has 0 spiro atoms. The zero-order valence-electron chi connectivity index (χ0n) is 8.83. The smallest absolute Gasteiger partial charge is 0.125 e. The molecule has 0 aliphatic rings. The van der Waals surface area contributed by atoms with Crippen LogP contribution in [0.3, 0.4) is 0 Å². The predicted octanol–water partition coefficient (Wildman–Crippen LogP) is 2.78. The van der Waals surface area contributed by atoms with Crippen LogP contribution in [0.1, 0.15) is 9.88 Å². The molecule has 0 atom stereocenters. The Morgan fingerprint density at radius 3 is 2.94 bits per heavy atom. The van der Waals surface area contributed by atoms with Gasteiger partial charge in [0.15, 0.2) is 0 Å². The topological polar surface area (TPSA) is 50.9 Å². The van der Waals surface area contributed by atoms with Gasteiger partial charge in [0.2, 0.25) is 0 Å². The maximum atomic E-state index is 12.8. The first-order chi connectivity index (χ1) is 7.65. The molecule has 0 bridgehead atoms. The molecule has 0 fully saturated rings. The van der Waals surface area contributed by atoms with Crippen molar-refractivity contribution in [2.75, 3.05) is 11.1 Å². The highest BCUT2D eigenvalue weighted by Gasteiger charge is 2.02. The van der Waals surface area contributed by atoms with Gasteiger partial charge in [0.25, 0.3) is 0 Å². The van der Waals surface area contributed by atoms with Crippen LogP contribution < -0.4 is 11.1 Å². The molecule has 0 aliphatic carbocycles. The number of aryl methyl sites for hydroxylation is 1. The van der Waals surface area contributed by atoms with Gasteiger partial charge in [-0.25, -0.2) is 9.37 Å². The number of halogens is 1. The highest BCUT2D eigenvalue weighted by atomic mass is 32.1. The van der Waals surface area contributed by atoms with Gasteiger partial charge in [-0.1, -0.05) is 0 Å². The van der Waals surface area contributed by atoms with E-state index in [2.05, 4.69) is 10.3 Å². The van der Waals surface area contributed by atoms with E-state index in [1.807, 2.05) is 13.1 Å². The molecule has 3 N–H and O–H groups in total. The second-order valence-corrected chi connectivity index (χ2v) is 4.75. The van der Waals surface area contributed by atoms with Crippen LogP contribution in [0.15, 0.2) is 24.4 Å². The predicted molar refractivity (Wildman–Crippen MR) is 65.0 cm³/mol. The Hall–Kier alpha value is -1.62. The Morgan fingerprint density at radius 1 is 1.50 bits per heavy atom. The van der Waals surface area contributed by atoms with E-state index >= 15 is 0 Å². The minimum absolute atomic E-state index is 0.323. The van der Waals surface area contributed by atoms with Crippen molar-refractivity contribution < 1.29 is 4.39 Å². The quantitative estimate of drug-likeness (QED) is 0.807. The van der Waals surface area contributed by atoms with Crippen molar-refractivity contribution in [2.24, 2.45) is 0 Å². The number of benzene rings is 1. The van der Waals surface area contributed by atoms with Gasteiger partial charge < -0.3 is 11.1 Å². The minimum Gasteiger partial charge on any atom is -0.397 e. The SMILES string of the molecule is Cc1ncc(CNc2ccc(F)cc2N)s1. The first kappa shape index (κ1) is 10.9. The van der Waals surface area contributed by atoms with E-state index in [-0.39, 0.29) is 5.82 Å². The first-order valence-corrected chi connectivity index (χ1v) is 5.67. The Bertz CT molecular complexity index is 496. The van der Waals surface area contributed by atoms with E-state index < -0.39 is 0 Å². The molecule has 0 radical (unpaired) electrons. The number of nitrogen functional groups attached to an aromatic ring is 1. The van der Waals surface area contributed by atoms with E-state index in [0.717, 1.165) is 15.6 Å². The van der Waals surface area contributed by atoms with Gasteiger partial charge in [0.05, 0.1) is 22.9 Å². The Balaban J connectivity index is 2.04. The lowest BCUT2D eigenvalue weighted by Crippen LogP contribution is -2.01. The van der Waals surface area contributed by atoms with Gasteiger partial charge in [-0.15, -0.1) is 11.3 Å². The van der Waals surface area contributed by atoms with Gasteiger partial charge in [-0.05, 0) is 25.1 Å². The third-order valence-electron chi connectivity index (χ3n) is 2.14. The maximum absolute atomic E-state index is 12.8. The van der Waals surface area contributed by atoms with Gasteiger partial charge in [-0.3, -0.25) is 0 Å². The maximum Gasteiger partial charge on any atom is 0.125 e. The standard InChI is InChI=1S/C11H12FN3S/c1-7-14-5-9(16-7)6-15-11-3-2-8(12)4-10(11)13/h2-5,15H,6,13H2,1H3. The fourth-order valence-corrected chi connectivity index (χ4v) is 2.10. The molecule has 0 saturated carbocycles. The van der Waals surface area contributed by atoms with Crippen LogP contribution in [0.4, 0.5) is 15.8 Å². The van der Waals surface area contributed by atoms with E-state index in [9.17, 15) is 4.39 Å². The highest BCUT2D eigenvalue weighted by Crippen LogP contribution is 2.21. The monoisotopic (exact) mass is 237 g/mol. The summed E-state index contributed by atoms with van der Waals surface area (Å²) >= 11 is 1.63. The van der Waals surface area contributed by atoms with Gasteiger partial charge >= 0.3 is 0 Å². The summed E-state index contributed by atoms with van der Waals surface area (Å²) in [6, 6.07) is 4.33. The number of hydrogen-bond donors (Lipinski definition) is 2. The molecule has 1 aromatic carbocycles. The van der Waals surface area contributed by atoms with E-state index in [4.69, 9.17) is 5.73 Å². The fraction of sp³-hybridized carbons (Fsp3) is 0.182. The number of nitrogens with zero attached hydrogens (tertiary/aromatic N) is 1. The number of anilines is 2. The van der Waals surface area contributed by atoms with Gasteiger partial charge in [0, 0.05) is 11.1 Å². The van der Waals surface area contributed by atoms with Crippen LogP contribution in [0, 0.1) is 12.7 Å². The van der Waals surface area contributed by atoms with Gasteiger partial charge in [0.1, 0.15) is 5.82 Å². The van der Waals surface area contributed by atoms with E-state index in [1.54, 1.807) is 17.4 Å². The third-order valence-corrected chi connectivity index (χ3v) is 3.05. The molecule has 0 amide bonds. The molecule has 84 valence electrons. The van der Waals surface area contributed by atoms with Crippen molar-refractivity contribution in [1.82, 2.24) is 4.98 Å². The zero-order chi connectivity index (χ0) is 11.5. The van der Waals surface area contributed by atoms with Crippen molar-refractivity contribution in [1.29, 1.82) is 0 Å². The number of hydrogen-bond acceptors (Lipinski definition) is 4. The number of nitrogens with one attached hydrogen (secondary N) is 1. The summed E-state index contributed by atoms with van der Waals surface area (Å²) < 4.78 is 12.8.